The molecule has 3 atom stereocenters. The molecule has 10 heteroatoms. The van der Waals surface area contributed by atoms with Gasteiger partial charge in [-0.15, -0.1) is 11.3 Å². The van der Waals surface area contributed by atoms with Crippen LogP contribution in [0.3, 0.4) is 0 Å². The van der Waals surface area contributed by atoms with E-state index in [0.29, 0.717) is 4.88 Å². The molecule has 1 aromatic heterocycles. The van der Waals surface area contributed by atoms with E-state index in [1.54, 1.807) is 17.5 Å². The Morgan fingerprint density at radius 3 is 2.32 bits per heavy atom. The maximum atomic E-state index is 13.6. The summed E-state index contributed by atoms with van der Waals surface area (Å²) in [5.41, 5.74) is -1.86. The molecule has 2 N–H and O–H groups in total. The van der Waals surface area contributed by atoms with Gasteiger partial charge in [0.1, 0.15) is 5.54 Å². The molecule has 1 aromatic carbocycles. The van der Waals surface area contributed by atoms with Crippen LogP contribution in [0.5, 0.6) is 0 Å². The van der Waals surface area contributed by atoms with Crippen LogP contribution >= 0.6 is 11.3 Å². The average molecular weight is 446 g/mol. The fourth-order valence-electron chi connectivity index (χ4n) is 4.35. The molecule has 3 rings (SSSR count). The third-order valence-corrected chi connectivity index (χ3v) is 6.46. The Balaban J connectivity index is 2.18. The summed E-state index contributed by atoms with van der Waals surface area (Å²) in [6.07, 6.45) is -0.149. The first-order valence-electron chi connectivity index (χ1n) is 9.66. The fraction of sp³-hybridized carbons (Fsp3) is 0.381. The van der Waals surface area contributed by atoms with Crippen LogP contribution in [-0.4, -0.2) is 43.4 Å². The molecule has 31 heavy (non-hydrogen) atoms. The first-order chi connectivity index (χ1) is 14.6. The highest BCUT2D eigenvalue weighted by atomic mass is 32.1. The summed E-state index contributed by atoms with van der Waals surface area (Å²) in [6, 6.07) is 7.32. The number of carbonyl (C=O) groups excluding carboxylic acids is 1. The average Bonchev–Trinajstić information content (AvgIpc) is 3.33. The topological polar surface area (TPSA) is 138 Å². The van der Waals surface area contributed by atoms with Crippen molar-refractivity contribution in [2.24, 2.45) is 11.8 Å². The van der Waals surface area contributed by atoms with E-state index in [2.05, 4.69) is 0 Å². The third-order valence-electron chi connectivity index (χ3n) is 5.52. The van der Waals surface area contributed by atoms with Crippen molar-refractivity contribution < 1.29 is 29.5 Å². The number of thiophene rings is 1. The second-order valence-corrected chi connectivity index (χ2v) is 9.00. The van der Waals surface area contributed by atoms with Gasteiger partial charge in [0.2, 0.25) is 0 Å². The van der Waals surface area contributed by atoms with Crippen LogP contribution in [0.4, 0.5) is 5.69 Å². The molecule has 3 unspecified atom stereocenters. The molecule has 1 aliphatic rings. The van der Waals surface area contributed by atoms with Crippen LogP contribution in [0.25, 0.3) is 0 Å². The number of benzene rings is 1. The lowest BCUT2D eigenvalue weighted by molar-refractivity contribution is -0.384. The van der Waals surface area contributed by atoms with Crippen molar-refractivity contribution >= 4 is 34.9 Å². The standard InChI is InChI=1S/C21H22N2O7S/c1-12(2)10-21(20(27)28)11-15(19(25)26)17(16-4-3-9-31-16)22(21)18(24)13-5-7-14(8-6-13)23(29)30/h3-9,12,15,17H,10-11H2,1-2H3,(H,25,26)(H,27,28). The minimum absolute atomic E-state index is 0.0626. The summed E-state index contributed by atoms with van der Waals surface area (Å²) in [7, 11) is 0. The first-order valence-corrected chi connectivity index (χ1v) is 10.5. The van der Waals surface area contributed by atoms with E-state index >= 15 is 0 Å². The van der Waals surface area contributed by atoms with Gasteiger partial charge in [0.25, 0.3) is 11.6 Å². The summed E-state index contributed by atoms with van der Waals surface area (Å²) in [4.78, 5) is 50.4. The Bertz CT molecular complexity index is 1000. The van der Waals surface area contributed by atoms with E-state index in [-0.39, 0.29) is 30.0 Å². The van der Waals surface area contributed by atoms with Gasteiger partial charge in [-0.25, -0.2) is 4.79 Å². The Kier molecular flexibility index (Phi) is 6.12. The SMILES string of the molecule is CC(C)CC1(C(=O)O)CC(C(=O)O)C(c2cccs2)N1C(=O)c1ccc([N+](=O)[O-])cc1. The normalized spacial score (nSPS) is 23.1. The summed E-state index contributed by atoms with van der Waals surface area (Å²) in [5.74, 6) is -4.33. The summed E-state index contributed by atoms with van der Waals surface area (Å²) in [6.45, 7) is 3.63. The van der Waals surface area contributed by atoms with Crippen molar-refractivity contribution in [3.63, 3.8) is 0 Å². The number of amides is 1. The number of nitro groups is 1. The van der Waals surface area contributed by atoms with Crippen LogP contribution in [0.2, 0.25) is 0 Å². The minimum atomic E-state index is -1.72. The van der Waals surface area contributed by atoms with Crippen molar-refractivity contribution in [3.8, 4) is 0 Å². The molecule has 0 bridgehead atoms. The van der Waals surface area contributed by atoms with Crippen molar-refractivity contribution in [3.05, 3.63) is 62.3 Å². The monoisotopic (exact) mass is 446 g/mol. The summed E-state index contributed by atoms with van der Waals surface area (Å²) in [5, 5.41) is 32.8. The number of carboxylic acids is 2. The van der Waals surface area contributed by atoms with E-state index < -0.39 is 40.3 Å². The molecule has 0 aliphatic carbocycles. The van der Waals surface area contributed by atoms with Gasteiger partial charge < -0.3 is 15.1 Å². The molecular weight excluding hydrogens is 424 g/mol. The number of non-ortho nitro benzene ring substituents is 1. The van der Waals surface area contributed by atoms with Gasteiger partial charge in [-0.3, -0.25) is 19.7 Å². The van der Waals surface area contributed by atoms with Crippen molar-refractivity contribution in [2.45, 2.75) is 38.3 Å². The van der Waals surface area contributed by atoms with Gasteiger partial charge in [-0.05, 0) is 42.3 Å². The largest absolute Gasteiger partial charge is 0.481 e. The molecule has 1 amide bonds. The number of carbonyl (C=O) groups is 3. The molecule has 1 aliphatic heterocycles. The number of likely N-dealkylation sites (tertiary alicyclic amines) is 1. The third kappa shape index (κ3) is 4.02. The lowest BCUT2D eigenvalue weighted by atomic mass is 9.83. The van der Waals surface area contributed by atoms with E-state index in [4.69, 9.17) is 0 Å². The van der Waals surface area contributed by atoms with Gasteiger partial charge >= 0.3 is 11.9 Å². The minimum Gasteiger partial charge on any atom is -0.481 e. The molecule has 2 aromatic rings. The summed E-state index contributed by atoms with van der Waals surface area (Å²) < 4.78 is 0. The summed E-state index contributed by atoms with van der Waals surface area (Å²) >= 11 is 1.26. The molecule has 1 fully saturated rings. The van der Waals surface area contributed by atoms with Gasteiger partial charge in [0.05, 0.1) is 16.9 Å². The van der Waals surface area contributed by atoms with Crippen molar-refractivity contribution in [2.75, 3.05) is 0 Å². The quantitative estimate of drug-likeness (QED) is 0.487. The number of carboxylic acid groups (broad SMARTS) is 2. The van der Waals surface area contributed by atoms with E-state index in [9.17, 15) is 34.7 Å². The van der Waals surface area contributed by atoms with Crippen LogP contribution < -0.4 is 0 Å². The predicted octanol–water partition coefficient (Wildman–Crippen LogP) is 3.81. The number of hydrogen-bond acceptors (Lipinski definition) is 6. The van der Waals surface area contributed by atoms with E-state index in [1.807, 2.05) is 13.8 Å². The second-order valence-electron chi connectivity index (χ2n) is 8.02. The second kappa shape index (κ2) is 8.46. The van der Waals surface area contributed by atoms with E-state index in [0.717, 1.165) is 0 Å². The number of rotatable bonds is 7. The molecular formula is C21H22N2O7S. The first kappa shape index (κ1) is 22.4. The number of nitro benzene ring substituents is 1. The van der Waals surface area contributed by atoms with Gasteiger partial charge in [0.15, 0.2) is 0 Å². The molecule has 0 spiro atoms. The number of aliphatic carboxylic acids is 2. The van der Waals surface area contributed by atoms with Crippen LogP contribution in [0, 0.1) is 22.0 Å². The maximum absolute atomic E-state index is 13.6. The molecule has 9 nitrogen and oxygen atoms in total. The van der Waals surface area contributed by atoms with Crippen LogP contribution in [0.1, 0.15) is 48.0 Å². The van der Waals surface area contributed by atoms with Crippen molar-refractivity contribution in [1.29, 1.82) is 0 Å². The Labute approximate surface area is 182 Å². The van der Waals surface area contributed by atoms with Crippen LogP contribution in [0.15, 0.2) is 41.8 Å². The van der Waals surface area contributed by atoms with Gasteiger partial charge in [-0.1, -0.05) is 19.9 Å². The highest BCUT2D eigenvalue weighted by Crippen LogP contribution is 2.51. The highest BCUT2D eigenvalue weighted by Gasteiger charge is 2.61. The molecule has 0 saturated carbocycles. The van der Waals surface area contributed by atoms with Crippen molar-refractivity contribution in [1.82, 2.24) is 4.90 Å². The Hall–Kier alpha value is -3.27. The molecule has 2 heterocycles. The van der Waals surface area contributed by atoms with E-state index in [1.165, 1.54) is 40.5 Å². The Morgan fingerprint density at radius 2 is 1.87 bits per heavy atom. The maximum Gasteiger partial charge on any atom is 0.329 e. The van der Waals surface area contributed by atoms with Gasteiger partial charge in [0, 0.05) is 22.6 Å². The zero-order valence-corrected chi connectivity index (χ0v) is 17.7. The lowest BCUT2D eigenvalue weighted by Gasteiger charge is -2.39. The number of hydrogen-bond donors (Lipinski definition) is 2. The molecule has 0 radical (unpaired) electrons. The fourth-order valence-corrected chi connectivity index (χ4v) is 5.23. The molecule has 164 valence electrons. The van der Waals surface area contributed by atoms with Gasteiger partial charge in [-0.2, -0.15) is 0 Å². The molecule has 1 saturated heterocycles. The predicted molar refractivity (Wildman–Crippen MR) is 112 cm³/mol. The lowest BCUT2D eigenvalue weighted by Crippen LogP contribution is -2.54. The number of nitrogens with zero attached hydrogens (tertiary/aromatic N) is 2. The zero-order valence-electron chi connectivity index (χ0n) is 16.9. The van der Waals surface area contributed by atoms with Crippen LogP contribution in [-0.2, 0) is 9.59 Å². The Morgan fingerprint density at radius 1 is 1.23 bits per heavy atom. The smallest absolute Gasteiger partial charge is 0.329 e. The highest BCUT2D eigenvalue weighted by molar-refractivity contribution is 7.10. The zero-order chi connectivity index (χ0) is 22.9.